The molecule has 2 N–H and O–H groups in total. The molecule has 1 aromatic heterocycles. The Kier molecular flexibility index (Phi) is 3.24. The van der Waals surface area contributed by atoms with Gasteiger partial charge in [-0.05, 0) is 12.1 Å². The van der Waals surface area contributed by atoms with Gasteiger partial charge in [-0.25, -0.2) is 0 Å². The van der Waals surface area contributed by atoms with Gasteiger partial charge in [-0.2, -0.15) is 10.4 Å². The molecule has 90 valence electrons. The fraction of sp³-hybridized carbons (Fsp3) is 0. The SMILES string of the molecule is N#Cc1cc(C(=O)c2cc(Cl)cc(Cl)c2O)[nH]n1. The summed E-state index contributed by atoms with van der Waals surface area (Å²) >= 11 is 11.5. The summed E-state index contributed by atoms with van der Waals surface area (Å²) in [6.45, 7) is 0. The van der Waals surface area contributed by atoms with E-state index in [1.165, 1.54) is 18.2 Å². The summed E-state index contributed by atoms with van der Waals surface area (Å²) in [7, 11) is 0. The zero-order valence-corrected chi connectivity index (χ0v) is 10.2. The number of carbonyl (C=O) groups excluding carboxylic acids is 1. The predicted octanol–water partition coefficient (Wildman–Crippen LogP) is 2.52. The van der Waals surface area contributed by atoms with Crippen molar-refractivity contribution in [1.29, 1.82) is 5.26 Å². The van der Waals surface area contributed by atoms with Gasteiger partial charge >= 0.3 is 0 Å². The average molecular weight is 282 g/mol. The Labute approximate surface area is 112 Å². The average Bonchev–Trinajstić information content (AvgIpc) is 2.81. The van der Waals surface area contributed by atoms with Crippen molar-refractivity contribution >= 4 is 29.0 Å². The maximum Gasteiger partial charge on any atom is 0.214 e. The van der Waals surface area contributed by atoms with Crippen molar-refractivity contribution in [3.05, 3.63) is 45.2 Å². The van der Waals surface area contributed by atoms with E-state index in [9.17, 15) is 9.90 Å². The quantitative estimate of drug-likeness (QED) is 0.828. The molecule has 0 atom stereocenters. The second-order valence-electron chi connectivity index (χ2n) is 3.39. The number of benzene rings is 1. The first-order chi connectivity index (χ1) is 8.52. The molecule has 1 aromatic carbocycles. The molecule has 1 heterocycles. The number of ketones is 1. The molecule has 0 saturated heterocycles. The van der Waals surface area contributed by atoms with E-state index in [0.29, 0.717) is 0 Å². The molecule has 0 radical (unpaired) electrons. The number of aromatic nitrogens is 2. The monoisotopic (exact) mass is 281 g/mol. The predicted molar refractivity (Wildman–Crippen MR) is 64.9 cm³/mol. The van der Waals surface area contributed by atoms with Crippen LogP contribution in [0.3, 0.4) is 0 Å². The van der Waals surface area contributed by atoms with Gasteiger partial charge in [0.05, 0.1) is 10.6 Å². The zero-order chi connectivity index (χ0) is 13.3. The molecule has 0 aliphatic rings. The van der Waals surface area contributed by atoms with Crippen molar-refractivity contribution < 1.29 is 9.90 Å². The standard InChI is InChI=1S/C11H5Cl2N3O2/c12-5-1-7(10(17)8(13)2-5)11(18)9-3-6(4-14)15-16-9/h1-3,17H,(H,15,16). The van der Waals surface area contributed by atoms with Crippen LogP contribution < -0.4 is 0 Å². The molecule has 0 unspecified atom stereocenters. The fourth-order valence-electron chi connectivity index (χ4n) is 1.38. The Morgan fingerprint density at radius 1 is 1.39 bits per heavy atom. The minimum atomic E-state index is -0.550. The molecule has 0 saturated carbocycles. The molecule has 0 aliphatic heterocycles. The second kappa shape index (κ2) is 4.69. The van der Waals surface area contributed by atoms with Gasteiger partial charge in [-0.3, -0.25) is 9.89 Å². The molecule has 0 fully saturated rings. The van der Waals surface area contributed by atoms with Gasteiger partial charge in [0.25, 0.3) is 0 Å². The van der Waals surface area contributed by atoms with Crippen molar-refractivity contribution in [3.63, 3.8) is 0 Å². The first kappa shape index (κ1) is 12.4. The van der Waals surface area contributed by atoms with Crippen LogP contribution in [0.15, 0.2) is 18.2 Å². The van der Waals surface area contributed by atoms with Crippen molar-refractivity contribution in [2.45, 2.75) is 0 Å². The topological polar surface area (TPSA) is 89.8 Å². The van der Waals surface area contributed by atoms with E-state index in [1.54, 1.807) is 6.07 Å². The summed E-state index contributed by atoms with van der Waals surface area (Å²) in [5.74, 6) is -0.912. The van der Waals surface area contributed by atoms with E-state index in [4.69, 9.17) is 28.5 Å². The van der Waals surface area contributed by atoms with Crippen LogP contribution in [0.25, 0.3) is 0 Å². The van der Waals surface area contributed by atoms with Gasteiger partial charge in [0.2, 0.25) is 5.78 Å². The van der Waals surface area contributed by atoms with Crippen LogP contribution in [0.2, 0.25) is 10.0 Å². The third kappa shape index (κ3) is 2.16. The number of phenols is 1. The minimum absolute atomic E-state index is 0.0223. The minimum Gasteiger partial charge on any atom is -0.506 e. The molecule has 0 amide bonds. The Morgan fingerprint density at radius 2 is 2.11 bits per heavy atom. The van der Waals surface area contributed by atoms with E-state index < -0.39 is 5.78 Å². The summed E-state index contributed by atoms with van der Waals surface area (Å²) in [4.78, 5) is 12.0. The molecular formula is C11H5Cl2N3O2. The summed E-state index contributed by atoms with van der Waals surface area (Å²) < 4.78 is 0. The summed E-state index contributed by atoms with van der Waals surface area (Å²) in [5.41, 5.74) is 0.0896. The van der Waals surface area contributed by atoms with Crippen LogP contribution in [0, 0.1) is 11.3 Å². The van der Waals surface area contributed by atoms with Crippen LogP contribution in [0.5, 0.6) is 5.75 Å². The Balaban J connectivity index is 2.49. The number of halogens is 2. The Bertz CT molecular complexity index is 673. The lowest BCUT2D eigenvalue weighted by molar-refractivity contribution is 0.103. The molecule has 0 aliphatic carbocycles. The van der Waals surface area contributed by atoms with Gasteiger partial charge in [-0.15, -0.1) is 0 Å². The smallest absolute Gasteiger partial charge is 0.214 e. The van der Waals surface area contributed by atoms with Crippen LogP contribution >= 0.6 is 23.2 Å². The molecule has 2 rings (SSSR count). The largest absolute Gasteiger partial charge is 0.506 e. The molecule has 0 bridgehead atoms. The highest BCUT2D eigenvalue weighted by Crippen LogP contribution is 2.32. The number of rotatable bonds is 2. The number of nitrogens with one attached hydrogen (secondary N) is 1. The highest BCUT2D eigenvalue weighted by atomic mass is 35.5. The molecular weight excluding hydrogens is 277 g/mol. The van der Waals surface area contributed by atoms with Gasteiger partial charge in [0.15, 0.2) is 5.69 Å². The fourth-order valence-corrected chi connectivity index (χ4v) is 1.87. The number of carbonyl (C=O) groups is 1. The molecule has 7 heteroatoms. The number of hydrogen-bond donors (Lipinski definition) is 2. The van der Waals surface area contributed by atoms with Gasteiger partial charge in [0, 0.05) is 11.1 Å². The van der Waals surface area contributed by atoms with Crippen LogP contribution in [-0.4, -0.2) is 21.1 Å². The van der Waals surface area contributed by atoms with E-state index in [2.05, 4.69) is 10.2 Å². The number of phenolic OH excluding ortho intramolecular Hbond substituents is 1. The number of H-pyrrole nitrogens is 1. The van der Waals surface area contributed by atoms with Gasteiger partial charge < -0.3 is 5.11 Å². The molecule has 5 nitrogen and oxygen atoms in total. The van der Waals surface area contributed by atoms with E-state index in [1.807, 2.05) is 0 Å². The first-order valence-corrected chi connectivity index (χ1v) is 5.46. The highest BCUT2D eigenvalue weighted by molar-refractivity contribution is 6.36. The third-order valence-electron chi connectivity index (χ3n) is 2.21. The lowest BCUT2D eigenvalue weighted by Crippen LogP contribution is -2.02. The maximum absolute atomic E-state index is 12.0. The Hall–Kier alpha value is -2.03. The Morgan fingerprint density at radius 3 is 2.72 bits per heavy atom. The normalized spacial score (nSPS) is 10.1. The van der Waals surface area contributed by atoms with Crippen LogP contribution in [0.1, 0.15) is 21.7 Å². The summed E-state index contributed by atoms with van der Waals surface area (Å²) in [6.07, 6.45) is 0. The van der Waals surface area contributed by atoms with Crippen molar-refractivity contribution in [2.75, 3.05) is 0 Å². The number of aromatic hydroxyl groups is 1. The number of nitrogens with zero attached hydrogens (tertiary/aromatic N) is 2. The first-order valence-electron chi connectivity index (χ1n) is 4.71. The molecule has 0 spiro atoms. The van der Waals surface area contributed by atoms with Crippen molar-refractivity contribution in [2.24, 2.45) is 0 Å². The van der Waals surface area contributed by atoms with Crippen molar-refractivity contribution in [3.8, 4) is 11.8 Å². The number of aromatic amines is 1. The number of hydrogen-bond acceptors (Lipinski definition) is 4. The second-order valence-corrected chi connectivity index (χ2v) is 4.24. The van der Waals surface area contributed by atoms with E-state index in [0.717, 1.165) is 0 Å². The van der Waals surface area contributed by atoms with E-state index in [-0.39, 0.29) is 32.7 Å². The van der Waals surface area contributed by atoms with Crippen LogP contribution in [-0.2, 0) is 0 Å². The third-order valence-corrected chi connectivity index (χ3v) is 2.72. The molecule has 18 heavy (non-hydrogen) atoms. The maximum atomic E-state index is 12.0. The van der Waals surface area contributed by atoms with E-state index >= 15 is 0 Å². The highest BCUT2D eigenvalue weighted by Gasteiger charge is 2.19. The zero-order valence-electron chi connectivity index (χ0n) is 8.74. The van der Waals surface area contributed by atoms with Gasteiger partial charge in [-0.1, -0.05) is 23.2 Å². The van der Waals surface area contributed by atoms with Crippen LogP contribution in [0.4, 0.5) is 0 Å². The molecule has 2 aromatic rings. The lowest BCUT2D eigenvalue weighted by Gasteiger charge is -2.04. The van der Waals surface area contributed by atoms with Crippen molar-refractivity contribution in [1.82, 2.24) is 10.2 Å². The summed E-state index contributed by atoms with van der Waals surface area (Å²) in [6, 6.07) is 5.67. The summed E-state index contributed by atoms with van der Waals surface area (Å²) in [5, 5.41) is 24.5. The lowest BCUT2D eigenvalue weighted by atomic mass is 10.1. The van der Waals surface area contributed by atoms with Gasteiger partial charge in [0.1, 0.15) is 17.5 Å². The number of nitriles is 1.